The number of nitrogens with one attached hydrogen (secondary N) is 2. The third kappa shape index (κ3) is 5.66. The van der Waals surface area contributed by atoms with Crippen LogP contribution in [0.3, 0.4) is 0 Å². The van der Waals surface area contributed by atoms with Gasteiger partial charge in [-0.15, -0.1) is 0 Å². The van der Waals surface area contributed by atoms with E-state index in [0.29, 0.717) is 56.0 Å². The van der Waals surface area contributed by atoms with Crippen LogP contribution >= 0.6 is 0 Å². The largest absolute Gasteiger partial charge is 0.454 e. The molecule has 186 valence electrons. The molecule has 1 fully saturated rings. The summed E-state index contributed by atoms with van der Waals surface area (Å²) >= 11 is 0. The summed E-state index contributed by atoms with van der Waals surface area (Å²) in [5, 5.41) is 5.73. The number of hydrogen-bond acceptors (Lipinski definition) is 6. The Morgan fingerprint density at radius 2 is 1.77 bits per heavy atom. The molecule has 0 aliphatic carbocycles. The Hall–Kier alpha value is -3.37. The van der Waals surface area contributed by atoms with Crippen LogP contribution in [-0.4, -0.2) is 56.5 Å². The number of nitrogens with zero attached hydrogens (tertiary/aromatic N) is 1. The molecule has 0 saturated carbocycles. The number of benzene rings is 2. The van der Waals surface area contributed by atoms with E-state index in [9.17, 15) is 18.0 Å². The molecule has 10 heteroatoms. The molecule has 2 aliphatic heterocycles. The number of ether oxygens (including phenoxy) is 2. The third-order valence-electron chi connectivity index (χ3n) is 6.33. The zero-order chi connectivity index (χ0) is 25.1. The van der Waals surface area contributed by atoms with E-state index in [1.54, 1.807) is 0 Å². The Balaban J connectivity index is 1.31. The molecule has 0 radical (unpaired) electrons. The second kappa shape index (κ2) is 10.1. The molecule has 1 saturated heterocycles. The Kier molecular flexibility index (Phi) is 7.13. The summed E-state index contributed by atoms with van der Waals surface area (Å²) in [6.45, 7) is 6.58. The van der Waals surface area contributed by atoms with Gasteiger partial charge >= 0.3 is 0 Å². The van der Waals surface area contributed by atoms with Crippen molar-refractivity contribution in [3.05, 3.63) is 66.2 Å². The van der Waals surface area contributed by atoms with Gasteiger partial charge in [0.2, 0.25) is 22.7 Å². The number of amides is 2. The zero-order valence-corrected chi connectivity index (χ0v) is 20.4. The fourth-order valence-electron chi connectivity index (χ4n) is 4.14. The van der Waals surface area contributed by atoms with Crippen molar-refractivity contribution in [1.29, 1.82) is 0 Å². The minimum absolute atomic E-state index is 0.133. The van der Waals surface area contributed by atoms with Crippen LogP contribution < -0.4 is 20.1 Å². The van der Waals surface area contributed by atoms with E-state index in [2.05, 4.69) is 17.2 Å². The highest BCUT2D eigenvalue weighted by Crippen LogP contribution is 2.32. The van der Waals surface area contributed by atoms with Gasteiger partial charge in [-0.2, -0.15) is 4.31 Å². The average molecular weight is 500 g/mol. The lowest BCUT2D eigenvalue weighted by Gasteiger charge is -2.39. The van der Waals surface area contributed by atoms with Crippen LogP contribution in [0.5, 0.6) is 11.5 Å². The van der Waals surface area contributed by atoms with Gasteiger partial charge < -0.3 is 20.1 Å². The molecule has 0 atom stereocenters. The molecule has 35 heavy (non-hydrogen) atoms. The van der Waals surface area contributed by atoms with Gasteiger partial charge in [0.25, 0.3) is 5.91 Å². The van der Waals surface area contributed by atoms with E-state index in [1.165, 1.54) is 34.6 Å². The monoisotopic (exact) mass is 499 g/mol. The zero-order valence-electron chi connectivity index (χ0n) is 19.6. The Bertz CT molecular complexity index is 1220. The standard InChI is InChI=1S/C25H29N3O6S/c1-3-23(29)27-25(2)11-14-28(15-12-25)35(31,32)20-7-5-19(6-8-20)24(30)26-13-10-18-4-9-21-22(16-18)34-17-33-21/h3-9,16H,1,10-15,17H2,2H3,(H,26,30)(H,27,29). The lowest BCUT2D eigenvalue weighted by molar-refractivity contribution is -0.118. The minimum atomic E-state index is -3.70. The normalized spacial score (nSPS) is 16.9. The molecule has 0 unspecified atom stereocenters. The molecule has 2 aromatic rings. The lowest BCUT2D eigenvalue weighted by Crippen LogP contribution is -2.53. The first-order valence-electron chi connectivity index (χ1n) is 11.4. The summed E-state index contributed by atoms with van der Waals surface area (Å²) in [5.74, 6) is 0.867. The summed E-state index contributed by atoms with van der Waals surface area (Å²) in [6.07, 6.45) is 2.82. The second-order valence-electron chi connectivity index (χ2n) is 8.88. The van der Waals surface area contributed by atoms with Crippen LogP contribution in [0.25, 0.3) is 0 Å². The smallest absolute Gasteiger partial charge is 0.251 e. The molecule has 2 aliphatic rings. The highest BCUT2D eigenvalue weighted by Gasteiger charge is 2.36. The van der Waals surface area contributed by atoms with Crippen LogP contribution in [0.1, 0.15) is 35.7 Å². The van der Waals surface area contributed by atoms with E-state index in [4.69, 9.17) is 9.47 Å². The van der Waals surface area contributed by atoms with Crippen LogP contribution in [0.2, 0.25) is 0 Å². The fourth-order valence-corrected chi connectivity index (χ4v) is 5.58. The Morgan fingerprint density at radius 1 is 1.09 bits per heavy atom. The summed E-state index contributed by atoms with van der Waals surface area (Å²) in [7, 11) is -3.70. The van der Waals surface area contributed by atoms with E-state index >= 15 is 0 Å². The SMILES string of the molecule is C=CC(=O)NC1(C)CCN(S(=O)(=O)c2ccc(C(=O)NCCc3ccc4c(c3)OCO4)cc2)CC1. The van der Waals surface area contributed by atoms with Crippen molar-refractivity contribution in [1.82, 2.24) is 14.9 Å². The summed E-state index contributed by atoms with van der Waals surface area (Å²) < 4.78 is 38.2. The van der Waals surface area contributed by atoms with Crippen molar-refractivity contribution in [3.63, 3.8) is 0 Å². The molecular formula is C25H29N3O6S. The van der Waals surface area contributed by atoms with Crippen LogP contribution in [-0.2, 0) is 21.2 Å². The summed E-state index contributed by atoms with van der Waals surface area (Å²) in [6, 6.07) is 11.6. The van der Waals surface area contributed by atoms with Crippen LogP contribution in [0.4, 0.5) is 0 Å². The van der Waals surface area contributed by atoms with Crippen LogP contribution in [0, 0.1) is 0 Å². The Morgan fingerprint density at radius 3 is 2.46 bits per heavy atom. The molecule has 2 N–H and O–H groups in total. The van der Waals surface area contributed by atoms with Gasteiger partial charge in [0.05, 0.1) is 4.90 Å². The highest BCUT2D eigenvalue weighted by molar-refractivity contribution is 7.89. The maximum atomic E-state index is 13.1. The van der Waals surface area contributed by atoms with Crippen molar-refractivity contribution < 1.29 is 27.5 Å². The lowest BCUT2D eigenvalue weighted by atomic mass is 9.90. The average Bonchev–Trinajstić information content (AvgIpc) is 3.32. The summed E-state index contributed by atoms with van der Waals surface area (Å²) in [4.78, 5) is 24.3. The summed E-state index contributed by atoms with van der Waals surface area (Å²) in [5.41, 5.74) is 0.922. The maximum absolute atomic E-state index is 13.1. The molecule has 0 aromatic heterocycles. The van der Waals surface area contributed by atoms with Gasteiger partial charge in [-0.25, -0.2) is 8.42 Å². The van der Waals surface area contributed by atoms with Crippen molar-refractivity contribution in [3.8, 4) is 11.5 Å². The molecule has 0 bridgehead atoms. The van der Waals surface area contributed by atoms with Crippen molar-refractivity contribution in [2.24, 2.45) is 0 Å². The second-order valence-corrected chi connectivity index (χ2v) is 10.8. The predicted octanol–water partition coefficient (Wildman–Crippen LogP) is 2.23. The molecule has 2 aromatic carbocycles. The quantitative estimate of drug-likeness (QED) is 0.539. The molecule has 0 spiro atoms. The number of carbonyl (C=O) groups is 2. The van der Waals surface area contributed by atoms with E-state index in [0.717, 1.165) is 5.56 Å². The number of hydrogen-bond donors (Lipinski definition) is 2. The topological polar surface area (TPSA) is 114 Å². The first-order valence-corrected chi connectivity index (χ1v) is 12.9. The number of rotatable bonds is 8. The number of fused-ring (bicyclic) bond motifs is 1. The maximum Gasteiger partial charge on any atom is 0.251 e. The first kappa shape index (κ1) is 24.7. The predicted molar refractivity (Wildman–Crippen MR) is 130 cm³/mol. The highest BCUT2D eigenvalue weighted by atomic mass is 32.2. The molecular weight excluding hydrogens is 470 g/mol. The van der Waals surface area contributed by atoms with Gasteiger partial charge in [-0.3, -0.25) is 9.59 Å². The number of sulfonamides is 1. The van der Waals surface area contributed by atoms with Crippen molar-refractivity contribution >= 4 is 21.8 Å². The van der Waals surface area contributed by atoms with Gasteiger partial charge in [-0.1, -0.05) is 12.6 Å². The van der Waals surface area contributed by atoms with E-state index < -0.39 is 15.6 Å². The van der Waals surface area contributed by atoms with Crippen LogP contribution in [0.15, 0.2) is 60.0 Å². The first-order chi connectivity index (χ1) is 16.7. The number of piperidine rings is 1. The van der Waals surface area contributed by atoms with Gasteiger partial charge in [-0.05, 0) is 74.2 Å². The third-order valence-corrected chi connectivity index (χ3v) is 8.24. The molecule has 9 nitrogen and oxygen atoms in total. The van der Waals surface area contributed by atoms with Gasteiger partial charge in [0.15, 0.2) is 11.5 Å². The molecule has 2 amide bonds. The molecule has 4 rings (SSSR count). The van der Waals surface area contributed by atoms with Crippen molar-refractivity contribution in [2.45, 2.75) is 36.6 Å². The van der Waals surface area contributed by atoms with Crippen molar-refractivity contribution in [2.75, 3.05) is 26.4 Å². The van der Waals surface area contributed by atoms with Gasteiger partial charge in [0.1, 0.15) is 0 Å². The molecule has 2 heterocycles. The minimum Gasteiger partial charge on any atom is -0.454 e. The fraction of sp³-hybridized carbons (Fsp3) is 0.360. The Labute approximate surface area is 205 Å². The number of carbonyl (C=O) groups excluding carboxylic acids is 2. The van der Waals surface area contributed by atoms with E-state index in [1.807, 2.05) is 25.1 Å². The van der Waals surface area contributed by atoms with E-state index in [-0.39, 0.29) is 23.5 Å². The van der Waals surface area contributed by atoms with Gasteiger partial charge in [0, 0.05) is 30.7 Å².